The molecule has 3 aliphatic rings. The number of benzene rings is 5. The highest BCUT2D eigenvalue weighted by Gasteiger charge is 2.39. The van der Waals surface area contributed by atoms with Gasteiger partial charge in [-0.25, -0.2) is 9.97 Å². The molecule has 0 N–H and O–H groups in total. The molecule has 0 amide bonds. The summed E-state index contributed by atoms with van der Waals surface area (Å²) in [5.74, 6) is 3.23. The summed E-state index contributed by atoms with van der Waals surface area (Å²) in [5.41, 5.74) is 9.02. The lowest BCUT2D eigenvalue weighted by atomic mass is 9.78. The van der Waals surface area contributed by atoms with Gasteiger partial charge in [-0.3, -0.25) is 4.57 Å². The van der Waals surface area contributed by atoms with E-state index >= 15 is 0 Å². The molecular formula is C44H40N4. The molecule has 10 rings (SSSR count). The Morgan fingerprint density at radius 2 is 1.25 bits per heavy atom. The fourth-order valence-electron chi connectivity index (χ4n) is 8.74. The van der Waals surface area contributed by atoms with Crippen molar-refractivity contribution in [3.63, 3.8) is 0 Å². The minimum atomic E-state index is 0.469. The zero-order valence-corrected chi connectivity index (χ0v) is 27.6. The third kappa shape index (κ3) is 4.90. The number of anilines is 1. The minimum Gasteiger partial charge on any atom is -0.365 e. The number of nitrogens with zero attached hydrogens (tertiary/aromatic N) is 4. The molecule has 2 saturated heterocycles. The Morgan fingerprint density at radius 1 is 0.583 bits per heavy atom. The van der Waals surface area contributed by atoms with Crippen molar-refractivity contribution in [3.8, 4) is 39.6 Å². The molecule has 1 saturated carbocycles. The smallest absolute Gasteiger partial charge is 0.164 e. The third-order valence-electron chi connectivity index (χ3n) is 11.0. The van der Waals surface area contributed by atoms with Gasteiger partial charge in [-0.2, -0.15) is 0 Å². The molecule has 5 aromatic carbocycles. The van der Waals surface area contributed by atoms with Crippen LogP contribution in [0.4, 0.5) is 5.69 Å². The summed E-state index contributed by atoms with van der Waals surface area (Å²) in [4.78, 5) is 13.6. The highest BCUT2D eigenvalue weighted by Crippen LogP contribution is 2.45. The molecule has 4 heteroatoms. The van der Waals surface area contributed by atoms with Crippen LogP contribution in [0.5, 0.6) is 0 Å². The average molecular weight is 625 g/mol. The van der Waals surface area contributed by atoms with E-state index in [1.54, 1.807) is 0 Å². The number of hydrogen-bond acceptors (Lipinski definition) is 3. The maximum Gasteiger partial charge on any atom is 0.164 e. The van der Waals surface area contributed by atoms with Gasteiger partial charge in [0.2, 0.25) is 0 Å². The van der Waals surface area contributed by atoms with E-state index in [0.29, 0.717) is 12.1 Å². The average Bonchev–Trinajstić information content (AvgIpc) is 3.31. The first kappa shape index (κ1) is 29.0. The zero-order valence-electron chi connectivity index (χ0n) is 27.6. The largest absolute Gasteiger partial charge is 0.365 e. The fourth-order valence-corrected chi connectivity index (χ4v) is 8.74. The molecule has 3 fully saturated rings. The second kappa shape index (κ2) is 11.8. The fraction of sp³-hybridized carbons (Fsp3) is 0.227. The molecule has 7 aromatic rings. The van der Waals surface area contributed by atoms with Crippen LogP contribution in [0.3, 0.4) is 0 Å². The number of aromatic nitrogens is 3. The zero-order chi connectivity index (χ0) is 32.2. The standard InChI is InChI=1S/C44H40N4/c1-29-25-35-24-23-32(29)26-30(2)47(35)42-22-11-8-19-38(42)44-45-39(34-16-12-15-33(27-34)31-13-4-3-5-14-31)28-43(46-44)48-40-20-9-6-17-36(40)37-18-7-10-21-41(37)48/h3-22,27-30,32,35H,23-26H2,1-2H3. The van der Waals surface area contributed by atoms with Gasteiger partial charge in [-0.1, -0.05) is 104 Å². The molecule has 4 atom stereocenters. The highest BCUT2D eigenvalue weighted by molar-refractivity contribution is 6.09. The van der Waals surface area contributed by atoms with Gasteiger partial charge in [0.25, 0.3) is 0 Å². The molecule has 0 spiro atoms. The summed E-state index contributed by atoms with van der Waals surface area (Å²) in [6.45, 7) is 4.89. The van der Waals surface area contributed by atoms with Gasteiger partial charge in [0.15, 0.2) is 5.82 Å². The Kier molecular flexibility index (Phi) is 7.11. The number of hydrogen-bond donors (Lipinski definition) is 0. The van der Waals surface area contributed by atoms with Gasteiger partial charge in [-0.15, -0.1) is 0 Å². The Hall–Kier alpha value is -5.22. The van der Waals surface area contributed by atoms with Gasteiger partial charge in [0, 0.05) is 45.7 Å². The van der Waals surface area contributed by atoms with Crippen molar-refractivity contribution < 1.29 is 0 Å². The van der Waals surface area contributed by atoms with Gasteiger partial charge >= 0.3 is 0 Å². The maximum absolute atomic E-state index is 5.46. The highest BCUT2D eigenvalue weighted by atomic mass is 15.2. The molecule has 2 aromatic heterocycles. The molecule has 0 radical (unpaired) electrons. The van der Waals surface area contributed by atoms with Crippen molar-refractivity contribution in [3.05, 3.63) is 133 Å². The minimum absolute atomic E-state index is 0.469. The number of fused-ring (bicyclic) bond motifs is 7. The SMILES string of the molecule is CC1CC2CCC1CC(C)N2c1ccccc1-c1nc(-c2cccc(-c3ccccc3)c2)cc(-n2c3ccccc3c3ccccc32)n1. The first-order valence-electron chi connectivity index (χ1n) is 17.5. The summed E-state index contributed by atoms with van der Waals surface area (Å²) in [6, 6.07) is 48.7. The number of rotatable bonds is 5. The monoisotopic (exact) mass is 624 g/mol. The van der Waals surface area contributed by atoms with Gasteiger partial charge in [-0.05, 0) is 85.9 Å². The summed E-state index contributed by atoms with van der Waals surface area (Å²) in [5, 5.41) is 2.45. The van der Waals surface area contributed by atoms with Crippen LogP contribution in [-0.2, 0) is 0 Å². The molecule has 4 unspecified atom stereocenters. The van der Waals surface area contributed by atoms with Crippen LogP contribution >= 0.6 is 0 Å². The Morgan fingerprint density at radius 3 is 2.02 bits per heavy atom. The van der Waals surface area contributed by atoms with Gasteiger partial charge < -0.3 is 4.90 Å². The summed E-state index contributed by atoms with van der Waals surface area (Å²) in [7, 11) is 0. The van der Waals surface area contributed by atoms with Crippen LogP contribution in [0.1, 0.15) is 39.5 Å². The Balaban J connectivity index is 1.28. The van der Waals surface area contributed by atoms with Crippen molar-refractivity contribution in [2.45, 2.75) is 51.6 Å². The van der Waals surface area contributed by atoms with Gasteiger partial charge in [0.05, 0.1) is 16.7 Å². The maximum atomic E-state index is 5.46. The van der Waals surface area contributed by atoms with E-state index in [4.69, 9.17) is 9.97 Å². The number of para-hydroxylation sites is 3. The predicted molar refractivity (Wildman–Crippen MR) is 200 cm³/mol. The topological polar surface area (TPSA) is 34.0 Å². The lowest BCUT2D eigenvalue weighted by Gasteiger charge is -2.38. The van der Waals surface area contributed by atoms with E-state index in [9.17, 15) is 0 Å². The lowest BCUT2D eigenvalue weighted by molar-refractivity contribution is 0.252. The summed E-state index contributed by atoms with van der Waals surface area (Å²) < 4.78 is 2.32. The van der Waals surface area contributed by atoms with Crippen molar-refractivity contribution in [1.29, 1.82) is 0 Å². The Labute approximate surface area is 282 Å². The van der Waals surface area contributed by atoms with E-state index in [1.807, 2.05) is 0 Å². The van der Waals surface area contributed by atoms with Crippen LogP contribution in [0.2, 0.25) is 0 Å². The second-order valence-corrected chi connectivity index (χ2v) is 14.0. The van der Waals surface area contributed by atoms with E-state index in [-0.39, 0.29) is 0 Å². The van der Waals surface area contributed by atoms with Crippen LogP contribution in [-0.4, -0.2) is 26.6 Å². The van der Waals surface area contributed by atoms with E-state index < -0.39 is 0 Å². The van der Waals surface area contributed by atoms with Crippen molar-refractivity contribution in [2.24, 2.45) is 11.8 Å². The summed E-state index contributed by atoms with van der Waals surface area (Å²) >= 11 is 0. The van der Waals surface area contributed by atoms with Crippen LogP contribution in [0.25, 0.3) is 61.4 Å². The predicted octanol–water partition coefficient (Wildman–Crippen LogP) is 11.0. The molecular weight excluding hydrogens is 585 g/mol. The van der Waals surface area contributed by atoms with Crippen LogP contribution in [0.15, 0.2) is 133 Å². The molecule has 2 bridgehead atoms. The van der Waals surface area contributed by atoms with Crippen LogP contribution < -0.4 is 4.90 Å². The van der Waals surface area contributed by atoms with Crippen molar-refractivity contribution in [2.75, 3.05) is 4.90 Å². The van der Waals surface area contributed by atoms with Crippen molar-refractivity contribution in [1.82, 2.24) is 14.5 Å². The Bertz CT molecular complexity index is 2210. The molecule has 48 heavy (non-hydrogen) atoms. The lowest BCUT2D eigenvalue weighted by Crippen LogP contribution is -2.41. The van der Waals surface area contributed by atoms with Crippen molar-refractivity contribution >= 4 is 27.5 Å². The first-order chi connectivity index (χ1) is 23.6. The molecule has 2 aliphatic heterocycles. The second-order valence-electron chi connectivity index (χ2n) is 14.0. The first-order valence-corrected chi connectivity index (χ1v) is 17.5. The van der Waals surface area contributed by atoms with E-state index in [1.165, 1.54) is 53.3 Å². The third-order valence-corrected chi connectivity index (χ3v) is 11.0. The molecule has 4 heterocycles. The van der Waals surface area contributed by atoms with Gasteiger partial charge in [0.1, 0.15) is 5.82 Å². The summed E-state index contributed by atoms with van der Waals surface area (Å²) in [6.07, 6.45) is 5.08. The van der Waals surface area contributed by atoms with E-state index in [0.717, 1.165) is 51.3 Å². The molecule has 236 valence electrons. The molecule has 1 aliphatic carbocycles. The molecule has 4 nitrogen and oxygen atoms in total. The van der Waals surface area contributed by atoms with E-state index in [2.05, 4.69) is 157 Å². The quantitative estimate of drug-likeness (QED) is 0.191. The van der Waals surface area contributed by atoms with Crippen LogP contribution in [0, 0.1) is 11.8 Å². The normalized spacial score (nSPS) is 20.8.